The lowest BCUT2D eigenvalue weighted by Crippen LogP contribution is -2.55. The topological polar surface area (TPSA) is 41.6 Å². The molecule has 2 aromatic rings. The molecule has 0 bridgehead atoms. The van der Waals surface area contributed by atoms with Crippen LogP contribution in [0.15, 0.2) is 59.5 Å². The first kappa shape index (κ1) is 23.2. The van der Waals surface area contributed by atoms with Gasteiger partial charge in [-0.2, -0.15) is 11.8 Å². The molecule has 1 heterocycles. The van der Waals surface area contributed by atoms with Gasteiger partial charge in [0.15, 0.2) is 0 Å². The van der Waals surface area contributed by atoms with E-state index in [2.05, 4.69) is 52.9 Å². The highest BCUT2D eigenvalue weighted by atomic mass is 32.2. The van der Waals surface area contributed by atoms with Gasteiger partial charge in [-0.05, 0) is 63.8 Å². The summed E-state index contributed by atoms with van der Waals surface area (Å²) in [5.41, 5.74) is 1.88. The van der Waals surface area contributed by atoms with Crippen molar-refractivity contribution in [3.63, 3.8) is 0 Å². The summed E-state index contributed by atoms with van der Waals surface area (Å²) in [7, 11) is 0. The first-order chi connectivity index (χ1) is 14.3. The van der Waals surface area contributed by atoms with Crippen LogP contribution in [0.5, 0.6) is 0 Å². The Balaban J connectivity index is 1.74. The number of carbonyl (C=O) groups is 1. The van der Waals surface area contributed by atoms with Gasteiger partial charge in [-0.1, -0.05) is 48.0 Å². The van der Waals surface area contributed by atoms with Crippen molar-refractivity contribution in [2.45, 2.75) is 56.8 Å². The van der Waals surface area contributed by atoms with Crippen molar-refractivity contribution >= 4 is 29.7 Å². The van der Waals surface area contributed by atoms with E-state index < -0.39 is 11.6 Å². The minimum atomic E-state index is -0.509. The van der Waals surface area contributed by atoms with E-state index in [-0.39, 0.29) is 12.1 Å². The third kappa shape index (κ3) is 7.34. The van der Waals surface area contributed by atoms with Crippen molar-refractivity contribution in [2.24, 2.45) is 0 Å². The van der Waals surface area contributed by atoms with Crippen LogP contribution in [0.2, 0.25) is 0 Å². The Bertz CT molecular complexity index is 806. The van der Waals surface area contributed by atoms with Crippen molar-refractivity contribution in [3.8, 4) is 0 Å². The molecule has 1 saturated heterocycles. The third-order valence-electron chi connectivity index (χ3n) is 4.69. The summed E-state index contributed by atoms with van der Waals surface area (Å²) in [5.74, 6) is 1.84. The number of aryl methyl sites for hydroxylation is 1. The predicted molar refractivity (Wildman–Crippen MR) is 128 cm³/mol. The average molecular weight is 445 g/mol. The van der Waals surface area contributed by atoms with Gasteiger partial charge in [-0.3, -0.25) is 10.1 Å². The Labute approximate surface area is 189 Å². The minimum absolute atomic E-state index is 0.0938. The molecule has 1 aliphatic rings. The zero-order valence-corrected chi connectivity index (χ0v) is 19.9. The molecule has 0 aliphatic carbocycles. The van der Waals surface area contributed by atoms with E-state index in [1.807, 2.05) is 50.7 Å². The number of rotatable bonds is 7. The molecule has 0 amide bonds. The van der Waals surface area contributed by atoms with Crippen LogP contribution >= 0.6 is 23.7 Å². The highest BCUT2D eigenvalue weighted by Gasteiger charge is 2.31. The number of nitrogens with zero attached hydrogens (tertiary/aromatic N) is 1. The van der Waals surface area contributed by atoms with E-state index in [9.17, 15) is 4.79 Å². The largest absolute Gasteiger partial charge is 0.459 e. The lowest BCUT2D eigenvalue weighted by atomic mass is 10.1. The molecule has 3 rings (SSSR count). The molecular formula is C24H32N2O2S2. The summed E-state index contributed by atoms with van der Waals surface area (Å²) < 4.78 is 8.11. The molecule has 0 radical (unpaired) electrons. The summed E-state index contributed by atoms with van der Waals surface area (Å²) in [6, 6.07) is 18.4. The first-order valence-corrected chi connectivity index (χ1v) is 12.3. The lowest BCUT2D eigenvalue weighted by molar-refractivity contribution is -0.157. The Kier molecular flexibility index (Phi) is 8.28. The molecule has 1 fully saturated rings. The maximum absolute atomic E-state index is 13.0. The van der Waals surface area contributed by atoms with Crippen LogP contribution in [-0.2, 0) is 16.0 Å². The fraction of sp³-hybridized carbons (Fsp3) is 0.458. The molecule has 0 saturated carbocycles. The zero-order valence-electron chi connectivity index (χ0n) is 18.3. The molecule has 4 nitrogen and oxygen atoms in total. The van der Waals surface area contributed by atoms with Gasteiger partial charge in [-0.15, -0.1) is 0 Å². The van der Waals surface area contributed by atoms with Crippen molar-refractivity contribution in [1.29, 1.82) is 0 Å². The quantitative estimate of drug-likeness (QED) is 0.483. The van der Waals surface area contributed by atoms with Gasteiger partial charge in [0.1, 0.15) is 11.6 Å². The molecule has 2 unspecified atom stereocenters. The van der Waals surface area contributed by atoms with Gasteiger partial charge in [-0.25, -0.2) is 4.31 Å². The minimum Gasteiger partial charge on any atom is -0.459 e. The van der Waals surface area contributed by atoms with Gasteiger partial charge < -0.3 is 4.74 Å². The fourth-order valence-corrected chi connectivity index (χ4v) is 5.40. The zero-order chi connectivity index (χ0) is 21.6. The molecule has 1 aliphatic heterocycles. The van der Waals surface area contributed by atoms with Crippen molar-refractivity contribution in [1.82, 2.24) is 9.62 Å². The second kappa shape index (κ2) is 10.7. The van der Waals surface area contributed by atoms with Gasteiger partial charge in [0.05, 0.1) is 6.17 Å². The second-order valence-corrected chi connectivity index (χ2v) is 10.9. The molecule has 162 valence electrons. The smallest absolute Gasteiger partial charge is 0.324 e. The summed E-state index contributed by atoms with van der Waals surface area (Å²) in [6.07, 6.45) is 0.705. The molecule has 0 spiro atoms. The van der Waals surface area contributed by atoms with E-state index in [1.165, 1.54) is 10.5 Å². The van der Waals surface area contributed by atoms with Crippen LogP contribution < -0.4 is 5.32 Å². The summed E-state index contributed by atoms with van der Waals surface area (Å²) in [4.78, 5) is 14.2. The Hall–Kier alpha value is -1.47. The summed E-state index contributed by atoms with van der Waals surface area (Å²) in [5, 5.41) is 3.62. The van der Waals surface area contributed by atoms with Crippen LogP contribution in [-0.4, -0.2) is 46.1 Å². The van der Waals surface area contributed by atoms with Crippen molar-refractivity contribution < 1.29 is 9.53 Å². The van der Waals surface area contributed by atoms with E-state index in [1.54, 1.807) is 11.9 Å². The molecule has 2 atom stereocenters. The lowest BCUT2D eigenvalue weighted by Gasteiger charge is -2.37. The van der Waals surface area contributed by atoms with Gasteiger partial charge >= 0.3 is 5.97 Å². The number of ether oxygens (including phenoxy) is 1. The van der Waals surface area contributed by atoms with E-state index >= 15 is 0 Å². The number of carbonyl (C=O) groups excluding carboxylic acids is 1. The summed E-state index contributed by atoms with van der Waals surface area (Å²) >= 11 is 3.68. The Morgan fingerprint density at radius 3 is 2.57 bits per heavy atom. The highest BCUT2D eigenvalue weighted by molar-refractivity contribution is 8.00. The van der Waals surface area contributed by atoms with Crippen molar-refractivity contribution in [3.05, 3.63) is 65.7 Å². The van der Waals surface area contributed by atoms with Crippen LogP contribution in [0, 0.1) is 6.92 Å². The molecule has 6 heteroatoms. The first-order valence-electron chi connectivity index (χ1n) is 10.4. The van der Waals surface area contributed by atoms with E-state index in [4.69, 9.17) is 4.74 Å². The molecule has 1 N–H and O–H groups in total. The van der Waals surface area contributed by atoms with Gasteiger partial charge in [0, 0.05) is 22.9 Å². The number of hydrogen-bond acceptors (Lipinski definition) is 6. The van der Waals surface area contributed by atoms with E-state index in [0.717, 1.165) is 23.6 Å². The normalized spacial score (nSPS) is 18.7. The Morgan fingerprint density at radius 1 is 1.20 bits per heavy atom. The van der Waals surface area contributed by atoms with Crippen LogP contribution in [0.25, 0.3) is 0 Å². The fourth-order valence-electron chi connectivity index (χ4n) is 3.23. The SMILES string of the molecule is Cc1ccc(SN2CCSCC2NC(Cc2ccccc2)C(=O)OC(C)(C)C)cc1. The number of nitrogens with one attached hydrogen (secondary N) is 1. The number of benzene rings is 2. The Morgan fingerprint density at radius 2 is 1.90 bits per heavy atom. The molecule has 30 heavy (non-hydrogen) atoms. The van der Waals surface area contributed by atoms with Crippen LogP contribution in [0.4, 0.5) is 0 Å². The highest BCUT2D eigenvalue weighted by Crippen LogP contribution is 2.29. The maximum atomic E-state index is 13.0. The van der Waals surface area contributed by atoms with Gasteiger partial charge in [0.25, 0.3) is 0 Å². The molecular weight excluding hydrogens is 412 g/mol. The second-order valence-electron chi connectivity index (χ2n) is 8.58. The van der Waals surface area contributed by atoms with Crippen LogP contribution in [0.3, 0.4) is 0 Å². The maximum Gasteiger partial charge on any atom is 0.324 e. The van der Waals surface area contributed by atoms with Crippen LogP contribution in [0.1, 0.15) is 31.9 Å². The predicted octanol–water partition coefficient (Wildman–Crippen LogP) is 4.92. The molecule has 0 aromatic heterocycles. The monoisotopic (exact) mass is 444 g/mol. The number of hydrogen-bond donors (Lipinski definition) is 1. The third-order valence-corrected chi connectivity index (χ3v) is 6.87. The number of esters is 1. The number of thioether (sulfide) groups is 1. The molecule has 2 aromatic carbocycles. The average Bonchev–Trinajstić information content (AvgIpc) is 2.70. The van der Waals surface area contributed by atoms with E-state index in [0.29, 0.717) is 6.42 Å². The van der Waals surface area contributed by atoms with Crippen molar-refractivity contribution in [2.75, 3.05) is 18.1 Å². The van der Waals surface area contributed by atoms with Gasteiger partial charge in [0.2, 0.25) is 0 Å². The standard InChI is InChI=1S/C24H32N2O2S2/c1-18-10-12-20(13-11-18)30-26-14-15-29-17-22(26)25-21(23(27)28-24(2,3)4)16-19-8-6-5-7-9-19/h5-13,21-22,25H,14-17H2,1-4H3. The summed E-state index contributed by atoms with van der Waals surface area (Å²) in [6.45, 7) is 8.82.